The van der Waals surface area contributed by atoms with Gasteiger partial charge in [0.05, 0.1) is 0 Å². The Morgan fingerprint density at radius 1 is 0.377 bits per heavy atom. The van der Waals surface area contributed by atoms with Gasteiger partial charge in [-0.05, 0) is 47.9 Å². The average Bonchev–Trinajstić information content (AvgIpc) is 3.36. The molecule has 13 heteroatoms. The summed E-state index contributed by atoms with van der Waals surface area (Å²) in [6.07, 6.45) is 17.7. The van der Waals surface area contributed by atoms with Gasteiger partial charge in [-0.2, -0.15) is 0 Å². The van der Waals surface area contributed by atoms with E-state index in [9.17, 15) is 28.8 Å². The normalized spacial score (nSPS) is 10.4. The fourth-order valence-electron chi connectivity index (χ4n) is 6.80. The molecule has 0 heterocycles. The molecule has 0 aromatic heterocycles. The molecule has 0 unspecified atom stereocenters. The molecule has 0 radical (unpaired) electrons. The lowest BCUT2D eigenvalue weighted by Crippen LogP contribution is -2.28. The summed E-state index contributed by atoms with van der Waals surface area (Å²) in [5.74, 6) is -4.58. The van der Waals surface area contributed by atoms with Crippen molar-refractivity contribution in [3.8, 4) is 0 Å². The van der Waals surface area contributed by atoms with Crippen LogP contribution in [-0.4, -0.2) is 51.4 Å². The van der Waals surface area contributed by atoms with Crippen molar-refractivity contribution in [2.24, 2.45) is 5.92 Å². The number of ether oxygens (including phenoxy) is 4. The maximum atomic E-state index is 12.7. The van der Waals surface area contributed by atoms with Gasteiger partial charge < -0.3 is 29.2 Å². The number of carbonyl (C=O) groups is 6. The summed E-state index contributed by atoms with van der Waals surface area (Å²) in [6, 6.07) is 37.4. The van der Waals surface area contributed by atoms with Gasteiger partial charge in [0.15, 0.2) is 5.92 Å². The van der Waals surface area contributed by atoms with Gasteiger partial charge in [0, 0.05) is 18.2 Å². The Morgan fingerprint density at radius 3 is 0.957 bits per heavy atom. The summed E-state index contributed by atoms with van der Waals surface area (Å²) < 4.78 is 20.9. The second-order valence-electron chi connectivity index (χ2n) is 16.6. The highest BCUT2D eigenvalue weighted by Crippen LogP contribution is 2.19. The second-order valence-corrected chi connectivity index (χ2v) is 17.4. The number of halogens is 1. The fourth-order valence-corrected chi connectivity index (χ4v) is 7.20. The Labute approximate surface area is 417 Å². The lowest BCUT2D eigenvalue weighted by molar-refractivity contribution is -0.164. The third kappa shape index (κ3) is 33.3. The number of unbranched alkanes of at least 4 members (excludes halogenated alkanes) is 14. The molecule has 0 saturated carbocycles. The number of carboxylic acid groups (broad SMARTS) is 2. The van der Waals surface area contributed by atoms with Crippen LogP contribution in [0, 0.1) is 5.92 Å². The SMILES string of the molecule is O=C(CC(=O)OCc1ccccc1)OCc1ccccc1.O=C(O)CCCCCCCCCCBr.O=C(O)CCCCCCCCCCC(C(=O)OCc1ccccc1)C(=O)OCc1ccccc1. The molecule has 2 N–H and O–H groups in total. The second kappa shape index (κ2) is 40.1. The monoisotopic (exact) mass is 1020 g/mol. The van der Waals surface area contributed by atoms with Gasteiger partial charge in [-0.3, -0.25) is 28.8 Å². The highest BCUT2D eigenvalue weighted by atomic mass is 79.9. The number of aliphatic carboxylic acids is 2. The summed E-state index contributed by atoms with van der Waals surface area (Å²) in [5.41, 5.74) is 3.50. The van der Waals surface area contributed by atoms with Crippen LogP contribution in [-0.2, 0) is 74.1 Å². The first-order valence-corrected chi connectivity index (χ1v) is 25.5. The van der Waals surface area contributed by atoms with E-state index >= 15 is 0 Å². The van der Waals surface area contributed by atoms with Crippen molar-refractivity contribution in [2.45, 2.75) is 155 Å². The third-order valence-corrected chi connectivity index (χ3v) is 11.3. The molecule has 0 aliphatic heterocycles. The van der Waals surface area contributed by atoms with E-state index in [2.05, 4.69) is 15.9 Å². The largest absolute Gasteiger partial charge is 0.481 e. The zero-order valence-corrected chi connectivity index (χ0v) is 41.7. The van der Waals surface area contributed by atoms with Gasteiger partial charge in [-0.15, -0.1) is 0 Å². The van der Waals surface area contributed by atoms with Gasteiger partial charge in [0.2, 0.25) is 0 Å². The van der Waals surface area contributed by atoms with Crippen LogP contribution in [0.5, 0.6) is 0 Å². The Kier molecular flexibility index (Phi) is 34.5. The summed E-state index contributed by atoms with van der Waals surface area (Å²) >= 11 is 3.41. The van der Waals surface area contributed by atoms with Crippen molar-refractivity contribution < 1.29 is 57.9 Å². The molecule has 0 bridgehead atoms. The molecule has 0 fully saturated rings. The van der Waals surface area contributed by atoms with E-state index in [0.29, 0.717) is 12.8 Å². The zero-order chi connectivity index (χ0) is 50.0. The van der Waals surface area contributed by atoms with Gasteiger partial charge in [-0.25, -0.2) is 0 Å². The van der Waals surface area contributed by atoms with Crippen LogP contribution >= 0.6 is 15.9 Å². The van der Waals surface area contributed by atoms with Gasteiger partial charge in [0.25, 0.3) is 0 Å². The van der Waals surface area contributed by atoms with Crippen LogP contribution in [0.4, 0.5) is 0 Å². The van der Waals surface area contributed by atoms with Crippen LogP contribution < -0.4 is 0 Å². The molecule has 0 aliphatic rings. The van der Waals surface area contributed by atoms with Gasteiger partial charge in [-0.1, -0.05) is 221 Å². The number of carboxylic acids is 2. The number of esters is 4. The lowest BCUT2D eigenvalue weighted by atomic mass is 10.00. The van der Waals surface area contributed by atoms with E-state index in [0.717, 1.165) is 91.8 Å². The molecule has 376 valence electrons. The predicted molar refractivity (Wildman–Crippen MR) is 270 cm³/mol. The van der Waals surface area contributed by atoms with E-state index in [1.165, 1.54) is 38.5 Å². The average molecular weight is 1020 g/mol. The minimum Gasteiger partial charge on any atom is -0.481 e. The molecule has 12 nitrogen and oxygen atoms in total. The summed E-state index contributed by atoms with van der Waals surface area (Å²) in [4.78, 5) is 69.2. The van der Waals surface area contributed by atoms with E-state index in [4.69, 9.17) is 29.2 Å². The topological polar surface area (TPSA) is 180 Å². The van der Waals surface area contributed by atoms with Crippen LogP contribution in [0.25, 0.3) is 0 Å². The minimum absolute atomic E-state index is 0.129. The van der Waals surface area contributed by atoms with E-state index in [-0.39, 0.29) is 39.3 Å². The number of alkyl halides is 1. The van der Waals surface area contributed by atoms with Crippen molar-refractivity contribution >= 4 is 51.7 Å². The molecular formula is C56H73BrO12. The molecule has 4 aromatic carbocycles. The standard InChI is InChI=1S/C28H36O6.C17H16O4.C11H21BrO2/c29-26(30)20-14-6-4-2-1-3-5-13-19-25(27(31)33-21-23-15-9-7-10-16-23)28(32)34-22-24-17-11-8-12-18-24;18-16(20-12-14-7-3-1-4-8-14)11-17(19)21-13-15-9-5-2-6-10-15;12-10-8-6-4-2-1-3-5-7-9-11(13)14/h7-12,15-18,25H,1-6,13-14,19-22H2,(H,29,30);1-10H,11-13H2;1-10H2,(H,13,14). The van der Waals surface area contributed by atoms with Crippen LogP contribution in [0.1, 0.15) is 151 Å². The molecule has 0 amide bonds. The predicted octanol–water partition coefficient (Wildman–Crippen LogP) is 12.9. The number of rotatable bonds is 33. The highest BCUT2D eigenvalue weighted by Gasteiger charge is 2.29. The Bertz CT molecular complexity index is 1850. The molecular weight excluding hydrogens is 945 g/mol. The summed E-state index contributed by atoms with van der Waals surface area (Å²) in [6.45, 7) is 0.575. The molecule has 0 aliphatic carbocycles. The number of hydrogen-bond acceptors (Lipinski definition) is 10. The van der Waals surface area contributed by atoms with Crippen LogP contribution in [0.15, 0.2) is 121 Å². The maximum Gasteiger partial charge on any atom is 0.320 e. The lowest BCUT2D eigenvalue weighted by Gasteiger charge is -2.16. The van der Waals surface area contributed by atoms with Crippen molar-refractivity contribution in [3.63, 3.8) is 0 Å². The third-order valence-electron chi connectivity index (χ3n) is 10.7. The van der Waals surface area contributed by atoms with Gasteiger partial charge in [0.1, 0.15) is 32.8 Å². The molecule has 0 spiro atoms. The van der Waals surface area contributed by atoms with Crippen LogP contribution in [0.2, 0.25) is 0 Å². The first-order valence-electron chi connectivity index (χ1n) is 24.4. The highest BCUT2D eigenvalue weighted by molar-refractivity contribution is 9.09. The van der Waals surface area contributed by atoms with E-state index < -0.39 is 41.7 Å². The van der Waals surface area contributed by atoms with Crippen molar-refractivity contribution in [3.05, 3.63) is 144 Å². The maximum absolute atomic E-state index is 12.7. The summed E-state index contributed by atoms with van der Waals surface area (Å²) in [5, 5.41) is 18.2. The summed E-state index contributed by atoms with van der Waals surface area (Å²) in [7, 11) is 0. The fraction of sp³-hybridized carbons (Fsp3) is 0.464. The molecule has 69 heavy (non-hydrogen) atoms. The van der Waals surface area contributed by atoms with E-state index in [1.54, 1.807) is 0 Å². The number of benzene rings is 4. The van der Waals surface area contributed by atoms with Crippen molar-refractivity contribution in [1.82, 2.24) is 0 Å². The molecule has 4 rings (SSSR count). The quantitative estimate of drug-likeness (QED) is 0.0152. The van der Waals surface area contributed by atoms with E-state index in [1.807, 2.05) is 121 Å². The first kappa shape index (κ1) is 59.3. The molecule has 0 atom stereocenters. The smallest absolute Gasteiger partial charge is 0.320 e. The first-order chi connectivity index (χ1) is 33.6. The molecule has 4 aromatic rings. The Morgan fingerprint density at radius 2 is 0.652 bits per heavy atom. The zero-order valence-electron chi connectivity index (χ0n) is 40.2. The van der Waals surface area contributed by atoms with Crippen LogP contribution in [0.3, 0.4) is 0 Å². The van der Waals surface area contributed by atoms with Crippen molar-refractivity contribution in [2.75, 3.05) is 5.33 Å². The van der Waals surface area contributed by atoms with Crippen molar-refractivity contribution in [1.29, 1.82) is 0 Å². The number of hydrogen-bond donors (Lipinski definition) is 2. The van der Waals surface area contributed by atoms with Gasteiger partial charge >= 0.3 is 35.8 Å². The molecule has 0 saturated heterocycles. The number of carbonyl (C=O) groups excluding carboxylic acids is 4. The Hall–Kier alpha value is -5.82. The minimum atomic E-state index is -0.927. The Balaban J connectivity index is 0.000000395.